The van der Waals surface area contributed by atoms with Gasteiger partial charge in [-0.2, -0.15) is 0 Å². The van der Waals surface area contributed by atoms with Crippen LogP contribution in [0.3, 0.4) is 0 Å². The predicted molar refractivity (Wildman–Crippen MR) is 45.9 cm³/mol. The molecule has 1 rings (SSSR count). The highest BCUT2D eigenvalue weighted by atomic mass is 16.4. The SMILES string of the molecule is CCN1CCC(N)(CC(=O)O)C1. The average Bonchev–Trinajstić information content (AvgIpc) is 2.30. The van der Waals surface area contributed by atoms with E-state index in [2.05, 4.69) is 11.8 Å². The van der Waals surface area contributed by atoms with Gasteiger partial charge in [0.2, 0.25) is 0 Å². The summed E-state index contributed by atoms with van der Waals surface area (Å²) in [4.78, 5) is 12.6. The number of carbonyl (C=O) groups is 1. The molecule has 0 aliphatic carbocycles. The van der Waals surface area contributed by atoms with E-state index < -0.39 is 11.5 Å². The van der Waals surface area contributed by atoms with Crippen LogP contribution in [0.4, 0.5) is 0 Å². The molecule has 1 saturated heterocycles. The van der Waals surface area contributed by atoms with E-state index >= 15 is 0 Å². The third-order valence-electron chi connectivity index (χ3n) is 2.41. The number of carboxylic acids is 1. The summed E-state index contributed by atoms with van der Waals surface area (Å²) in [6.45, 7) is 4.67. The molecule has 0 radical (unpaired) electrons. The lowest BCUT2D eigenvalue weighted by atomic mass is 9.96. The number of nitrogens with two attached hydrogens (primary N) is 1. The minimum Gasteiger partial charge on any atom is -0.481 e. The lowest BCUT2D eigenvalue weighted by Crippen LogP contribution is -2.44. The monoisotopic (exact) mass is 172 g/mol. The molecule has 0 aromatic heterocycles. The van der Waals surface area contributed by atoms with E-state index in [1.807, 2.05) is 0 Å². The molecular formula is C8H16N2O2. The smallest absolute Gasteiger partial charge is 0.305 e. The molecule has 0 aromatic rings. The predicted octanol–water partition coefficient (Wildman–Crippen LogP) is -0.116. The van der Waals surface area contributed by atoms with Gasteiger partial charge < -0.3 is 15.7 Å². The number of likely N-dealkylation sites (tertiary alicyclic amines) is 1. The minimum absolute atomic E-state index is 0.0868. The van der Waals surface area contributed by atoms with E-state index in [-0.39, 0.29) is 6.42 Å². The Hall–Kier alpha value is -0.610. The summed E-state index contributed by atoms with van der Waals surface area (Å²) in [5.41, 5.74) is 5.42. The van der Waals surface area contributed by atoms with E-state index in [1.54, 1.807) is 0 Å². The lowest BCUT2D eigenvalue weighted by molar-refractivity contribution is -0.138. The molecule has 1 aliphatic rings. The summed E-state index contributed by atoms with van der Waals surface area (Å²) < 4.78 is 0. The zero-order chi connectivity index (χ0) is 9.19. The maximum Gasteiger partial charge on any atom is 0.305 e. The summed E-state index contributed by atoms with van der Waals surface area (Å²) in [6, 6.07) is 0. The van der Waals surface area contributed by atoms with Crippen molar-refractivity contribution in [1.82, 2.24) is 4.90 Å². The Morgan fingerprint density at radius 2 is 2.42 bits per heavy atom. The van der Waals surface area contributed by atoms with Crippen LogP contribution in [0.1, 0.15) is 19.8 Å². The molecule has 0 bridgehead atoms. The van der Waals surface area contributed by atoms with E-state index in [1.165, 1.54) is 0 Å². The lowest BCUT2D eigenvalue weighted by Gasteiger charge is -2.21. The van der Waals surface area contributed by atoms with Gasteiger partial charge in [0.05, 0.1) is 6.42 Å². The number of rotatable bonds is 3. The van der Waals surface area contributed by atoms with Crippen molar-refractivity contribution in [3.05, 3.63) is 0 Å². The van der Waals surface area contributed by atoms with Crippen LogP contribution in [0.15, 0.2) is 0 Å². The number of aliphatic carboxylic acids is 1. The topological polar surface area (TPSA) is 66.6 Å². The highest BCUT2D eigenvalue weighted by Crippen LogP contribution is 2.21. The van der Waals surface area contributed by atoms with Crippen LogP contribution in [-0.2, 0) is 4.79 Å². The standard InChI is InChI=1S/C8H16N2O2/c1-2-10-4-3-8(9,6-10)5-7(11)12/h2-6,9H2,1H3,(H,11,12). The molecule has 1 fully saturated rings. The van der Waals surface area contributed by atoms with Crippen LogP contribution in [0.5, 0.6) is 0 Å². The fraction of sp³-hybridized carbons (Fsp3) is 0.875. The summed E-state index contributed by atoms with van der Waals surface area (Å²) in [5.74, 6) is -0.796. The van der Waals surface area contributed by atoms with Crippen molar-refractivity contribution < 1.29 is 9.90 Å². The molecule has 1 aliphatic heterocycles. The zero-order valence-electron chi connectivity index (χ0n) is 7.42. The van der Waals surface area contributed by atoms with E-state index in [0.717, 1.165) is 26.1 Å². The third-order valence-corrected chi connectivity index (χ3v) is 2.41. The molecule has 0 saturated carbocycles. The third kappa shape index (κ3) is 2.19. The van der Waals surface area contributed by atoms with Crippen LogP contribution >= 0.6 is 0 Å². The van der Waals surface area contributed by atoms with Gasteiger partial charge in [-0.15, -0.1) is 0 Å². The normalized spacial score (nSPS) is 30.8. The molecule has 4 nitrogen and oxygen atoms in total. The highest BCUT2D eigenvalue weighted by molar-refractivity contribution is 5.68. The fourth-order valence-electron chi connectivity index (χ4n) is 1.70. The van der Waals surface area contributed by atoms with E-state index in [0.29, 0.717) is 0 Å². The number of hydrogen-bond donors (Lipinski definition) is 2. The fourth-order valence-corrected chi connectivity index (χ4v) is 1.70. The van der Waals surface area contributed by atoms with Gasteiger partial charge in [0.1, 0.15) is 0 Å². The number of carboxylic acid groups (broad SMARTS) is 1. The van der Waals surface area contributed by atoms with Crippen LogP contribution in [0.2, 0.25) is 0 Å². The summed E-state index contributed by atoms with van der Waals surface area (Å²) in [6.07, 6.45) is 0.886. The van der Waals surface area contributed by atoms with Gasteiger partial charge in [-0.05, 0) is 13.0 Å². The first kappa shape index (κ1) is 9.48. The summed E-state index contributed by atoms with van der Waals surface area (Å²) >= 11 is 0. The molecule has 1 atom stereocenters. The van der Waals surface area contributed by atoms with Crippen LogP contribution in [-0.4, -0.2) is 41.1 Å². The molecule has 0 amide bonds. The first-order valence-corrected chi connectivity index (χ1v) is 4.29. The maximum absolute atomic E-state index is 10.5. The van der Waals surface area contributed by atoms with Gasteiger partial charge in [-0.1, -0.05) is 6.92 Å². The number of nitrogens with zero attached hydrogens (tertiary/aromatic N) is 1. The van der Waals surface area contributed by atoms with E-state index in [4.69, 9.17) is 10.8 Å². The molecule has 3 N–H and O–H groups in total. The quantitative estimate of drug-likeness (QED) is 0.623. The van der Waals surface area contributed by atoms with Crippen molar-refractivity contribution in [3.63, 3.8) is 0 Å². The highest BCUT2D eigenvalue weighted by Gasteiger charge is 2.35. The maximum atomic E-state index is 10.5. The van der Waals surface area contributed by atoms with Crippen molar-refractivity contribution >= 4 is 5.97 Å². The van der Waals surface area contributed by atoms with Gasteiger partial charge in [-0.25, -0.2) is 0 Å². The molecule has 1 heterocycles. The second-order valence-electron chi connectivity index (χ2n) is 3.55. The molecule has 1 unspecified atom stereocenters. The average molecular weight is 172 g/mol. The number of likely N-dealkylation sites (N-methyl/N-ethyl adjacent to an activating group) is 1. The minimum atomic E-state index is -0.796. The Labute approximate surface area is 72.3 Å². The van der Waals surface area contributed by atoms with Gasteiger partial charge in [0.15, 0.2) is 0 Å². The first-order chi connectivity index (χ1) is 5.56. The van der Waals surface area contributed by atoms with E-state index in [9.17, 15) is 4.79 Å². The van der Waals surface area contributed by atoms with Gasteiger partial charge in [0, 0.05) is 18.6 Å². The van der Waals surface area contributed by atoms with Crippen molar-refractivity contribution in [3.8, 4) is 0 Å². The summed E-state index contributed by atoms with van der Waals surface area (Å²) in [7, 11) is 0. The Kier molecular flexibility index (Phi) is 2.69. The second-order valence-corrected chi connectivity index (χ2v) is 3.55. The first-order valence-electron chi connectivity index (χ1n) is 4.29. The molecule has 0 aromatic carbocycles. The molecule has 12 heavy (non-hydrogen) atoms. The zero-order valence-corrected chi connectivity index (χ0v) is 7.42. The second kappa shape index (κ2) is 3.41. The van der Waals surface area contributed by atoms with Gasteiger partial charge in [0.25, 0.3) is 0 Å². The Balaban J connectivity index is 2.46. The molecule has 70 valence electrons. The number of hydrogen-bond acceptors (Lipinski definition) is 3. The van der Waals surface area contributed by atoms with Crippen LogP contribution in [0.25, 0.3) is 0 Å². The molecule has 4 heteroatoms. The van der Waals surface area contributed by atoms with Gasteiger partial charge >= 0.3 is 5.97 Å². The Bertz CT molecular complexity index is 184. The Morgan fingerprint density at radius 3 is 2.83 bits per heavy atom. The van der Waals surface area contributed by atoms with Crippen molar-refractivity contribution in [2.75, 3.05) is 19.6 Å². The van der Waals surface area contributed by atoms with Crippen molar-refractivity contribution in [2.45, 2.75) is 25.3 Å². The van der Waals surface area contributed by atoms with Crippen molar-refractivity contribution in [1.29, 1.82) is 0 Å². The van der Waals surface area contributed by atoms with Gasteiger partial charge in [-0.3, -0.25) is 4.79 Å². The summed E-state index contributed by atoms with van der Waals surface area (Å²) in [5, 5.41) is 8.60. The van der Waals surface area contributed by atoms with Crippen LogP contribution in [0, 0.1) is 0 Å². The Morgan fingerprint density at radius 1 is 1.75 bits per heavy atom. The molecular weight excluding hydrogens is 156 g/mol. The molecule has 0 spiro atoms. The van der Waals surface area contributed by atoms with Crippen molar-refractivity contribution in [2.24, 2.45) is 5.73 Å². The van der Waals surface area contributed by atoms with Crippen LogP contribution < -0.4 is 5.73 Å². The largest absolute Gasteiger partial charge is 0.481 e.